The summed E-state index contributed by atoms with van der Waals surface area (Å²) in [5.74, 6) is 0.0339. The molecule has 3 N–H and O–H groups in total. The van der Waals surface area contributed by atoms with Crippen LogP contribution >= 0.6 is 23.1 Å². The van der Waals surface area contributed by atoms with Gasteiger partial charge < -0.3 is 16.0 Å². The number of carbonyl (C=O) groups is 2. The second-order valence-corrected chi connectivity index (χ2v) is 7.31. The summed E-state index contributed by atoms with van der Waals surface area (Å²) in [6.45, 7) is 1.87. The van der Waals surface area contributed by atoms with Crippen LogP contribution in [0.5, 0.6) is 0 Å². The van der Waals surface area contributed by atoms with Crippen molar-refractivity contribution in [3.63, 3.8) is 0 Å². The molecule has 1 aromatic carbocycles. The number of hydrogen-bond donors (Lipinski definition) is 2. The van der Waals surface area contributed by atoms with Gasteiger partial charge in [-0.25, -0.2) is 0 Å². The molecule has 1 atom stereocenters. The molecule has 2 heterocycles. The van der Waals surface area contributed by atoms with Crippen LogP contribution in [-0.2, 0) is 9.59 Å². The fourth-order valence-corrected chi connectivity index (χ4v) is 3.93. The van der Waals surface area contributed by atoms with Crippen LogP contribution in [0, 0.1) is 0 Å². The number of aromatic nitrogens is 2. The minimum atomic E-state index is -0.216. The average Bonchev–Trinajstić information content (AvgIpc) is 2.86. The molecule has 2 aromatic rings. The topological polar surface area (TPSA) is 101 Å². The molecule has 0 bridgehead atoms. The summed E-state index contributed by atoms with van der Waals surface area (Å²) in [5, 5.41) is 10.8. The largest absolute Gasteiger partial charge is 0.374 e. The Balaban J connectivity index is 1.81. The predicted molar refractivity (Wildman–Crippen MR) is 91.7 cm³/mol. The molecule has 0 radical (unpaired) electrons. The molecule has 9 heteroatoms. The Morgan fingerprint density at radius 2 is 2.26 bits per heavy atom. The molecular formula is C14H15N5O2S2. The number of nitrogens with zero attached hydrogens (tertiary/aromatic N) is 3. The standard InChI is InChI=1S/C14H15N5O2S2/c1-8-6-11(20)16-9-4-2-3-5-10(9)19(8)12(21)7-22-14-18-17-13(15)23-14/h2-5,8H,6-7H2,1H3,(H2,15,17)(H,16,20)/t8-/m0/s1. The highest BCUT2D eigenvalue weighted by atomic mass is 32.2. The highest BCUT2D eigenvalue weighted by molar-refractivity contribution is 8.01. The molecule has 0 fully saturated rings. The number of carbonyl (C=O) groups excluding carboxylic acids is 2. The number of anilines is 3. The molecule has 0 unspecified atom stereocenters. The second kappa shape index (κ2) is 6.55. The van der Waals surface area contributed by atoms with Gasteiger partial charge in [-0.2, -0.15) is 0 Å². The molecule has 0 aliphatic carbocycles. The van der Waals surface area contributed by atoms with Crippen LogP contribution in [-0.4, -0.2) is 33.8 Å². The summed E-state index contributed by atoms with van der Waals surface area (Å²) in [6, 6.07) is 7.09. The van der Waals surface area contributed by atoms with E-state index in [4.69, 9.17) is 5.73 Å². The third-order valence-electron chi connectivity index (χ3n) is 3.37. The van der Waals surface area contributed by atoms with Gasteiger partial charge in [0.25, 0.3) is 0 Å². The predicted octanol–water partition coefficient (Wildman–Crippen LogP) is 1.98. The van der Waals surface area contributed by atoms with Gasteiger partial charge in [0.2, 0.25) is 16.9 Å². The van der Waals surface area contributed by atoms with Crippen LogP contribution in [0.2, 0.25) is 0 Å². The quantitative estimate of drug-likeness (QED) is 0.822. The Morgan fingerprint density at radius 3 is 3.00 bits per heavy atom. The van der Waals surface area contributed by atoms with E-state index in [1.807, 2.05) is 25.1 Å². The van der Waals surface area contributed by atoms with E-state index in [9.17, 15) is 9.59 Å². The number of benzene rings is 1. The molecule has 1 aliphatic rings. The van der Waals surface area contributed by atoms with E-state index in [-0.39, 0.29) is 30.0 Å². The zero-order valence-electron chi connectivity index (χ0n) is 12.4. The molecule has 1 aromatic heterocycles. The number of amides is 2. The highest BCUT2D eigenvalue weighted by Gasteiger charge is 2.29. The number of thioether (sulfide) groups is 1. The second-order valence-electron chi connectivity index (χ2n) is 5.08. The van der Waals surface area contributed by atoms with E-state index in [0.29, 0.717) is 20.8 Å². The van der Waals surface area contributed by atoms with Gasteiger partial charge in [-0.1, -0.05) is 35.2 Å². The maximum atomic E-state index is 12.7. The molecule has 1 aliphatic heterocycles. The van der Waals surface area contributed by atoms with Crippen molar-refractivity contribution in [2.75, 3.05) is 21.7 Å². The third kappa shape index (κ3) is 3.45. The first-order valence-corrected chi connectivity index (χ1v) is 8.77. The summed E-state index contributed by atoms with van der Waals surface area (Å²) in [6.07, 6.45) is 0.261. The van der Waals surface area contributed by atoms with Crippen molar-refractivity contribution in [1.29, 1.82) is 0 Å². The highest BCUT2D eigenvalue weighted by Crippen LogP contribution is 2.32. The van der Waals surface area contributed by atoms with Crippen molar-refractivity contribution < 1.29 is 9.59 Å². The minimum absolute atomic E-state index is 0.0831. The first-order valence-electron chi connectivity index (χ1n) is 6.97. The van der Waals surface area contributed by atoms with Crippen molar-refractivity contribution in [3.8, 4) is 0 Å². The fourth-order valence-electron chi connectivity index (χ4n) is 2.44. The van der Waals surface area contributed by atoms with Crippen molar-refractivity contribution >= 4 is 51.4 Å². The Morgan fingerprint density at radius 1 is 1.48 bits per heavy atom. The molecule has 23 heavy (non-hydrogen) atoms. The lowest BCUT2D eigenvalue weighted by molar-refractivity contribution is -0.117. The number of nitrogens with two attached hydrogens (primary N) is 1. The van der Waals surface area contributed by atoms with Crippen LogP contribution in [0.1, 0.15) is 13.3 Å². The SMILES string of the molecule is C[C@H]1CC(=O)Nc2ccccc2N1C(=O)CSc1nnc(N)s1. The van der Waals surface area contributed by atoms with Gasteiger partial charge in [0.1, 0.15) is 0 Å². The number of fused-ring (bicyclic) bond motifs is 1. The average molecular weight is 349 g/mol. The van der Waals surface area contributed by atoms with Crippen molar-refractivity contribution in [2.45, 2.75) is 23.7 Å². The van der Waals surface area contributed by atoms with Gasteiger partial charge in [0.15, 0.2) is 4.34 Å². The minimum Gasteiger partial charge on any atom is -0.374 e. The summed E-state index contributed by atoms with van der Waals surface area (Å²) in [4.78, 5) is 26.3. The Kier molecular flexibility index (Phi) is 4.49. The van der Waals surface area contributed by atoms with E-state index in [2.05, 4.69) is 15.5 Å². The summed E-state index contributed by atoms with van der Waals surface area (Å²) >= 11 is 2.54. The molecular weight excluding hydrogens is 334 g/mol. The zero-order chi connectivity index (χ0) is 16.4. The lowest BCUT2D eigenvalue weighted by atomic mass is 10.2. The van der Waals surface area contributed by atoms with Gasteiger partial charge in [-0.15, -0.1) is 10.2 Å². The summed E-state index contributed by atoms with van der Waals surface area (Å²) in [5.41, 5.74) is 6.91. The molecule has 2 amide bonds. The maximum Gasteiger partial charge on any atom is 0.237 e. The van der Waals surface area contributed by atoms with Crippen LogP contribution in [0.25, 0.3) is 0 Å². The van der Waals surface area contributed by atoms with E-state index in [0.717, 1.165) is 0 Å². The normalized spacial score (nSPS) is 17.3. The Bertz CT molecular complexity index is 748. The fraction of sp³-hybridized carbons (Fsp3) is 0.286. The van der Waals surface area contributed by atoms with Gasteiger partial charge in [-0.05, 0) is 19.1 Å². The molecule has 120 valence electrons. The Hall–Kier alpha value is -2.13. The molecule has 7 nitrogen and oxygen atoms in total. The lowest BCUT2D eigenvalue weighted by Crippen LogP contribution is -2.40. The molecule has 0 saturated heterocycles. The number of hydrogen-bond acceptors (Lipinski definition) is 7. The third-order valence-corrected chi connectivity index (χ3v) is 5.24. The number of para-hydroxylation sites is 2. The smallest absolute Gasteiger partial charge is 0.237 e. The van der Waals surface area contributed by atoms with Crippen molar-refractivity contribution in [2.24, 2.45) is 0 Å². The van der Waals surface area contributed by atoms with Crippen LogP contribution in [0.4, 0.5) is 16.5 Å². The van der Waals surface area contributed by atoms with Crippen LogP contribution in [0.3, 0.4) is 0 Å². The van der Waals surface area contributed by atoms with E-state index < -0.39 is 0 Å². The monoisotopic (exact) mass is 349 g/mol. The van der Waals surface area contributed by atoms with E-state index >= 15 is 0 Å². The number of rotatable bonds is 3. The van der Waals surface area contributed by atoms with Crippen LogP contribution < -0.4 is 16.0 Å². The lowest BCUT2D eigenvalue weighted by Gasteiger charge is -2.27. The van der Waals surface area contributed by atoms with Crippen molar-refractivity contribution in [3.05, 3.63) is 24.3 Å². The van der Waals surface area contributed by atoms with Gasteiger partial charge >= 0.3 is 0 Å². The van der Waals surface area contributed by atoms with E-state index in [1.54, 1.807) is 11.0 Å². The van der Waals surface area contributed by atoms with Gasteiger partial charge in [0.05, 0.1) is 17.1 Å². The maximum absolute atomic E-state index is 12.7. The Labute approximate surface area is 141 Å². The zero-order valence-corrected chi connectivity index (χ0v) is 14.0. The summed E-state index contributed by atoms with van der Waals surface area (Å²) in [7, 11) is 0. The summed E-state index contributed by atoms with van der Waals surface area (Å²) < 4.78 is 0.654. The number of nitrogens with one attached hydrogen (secondary N) is 1. The van der Waals surface area contributed by atoms with Crippen molar-refractivity contribution in [1.82, 2.24) is 10.2 Å². The molecule has 0 spiro atoms. The molecule has 0 saturated carbocycles. The molecule has 3 rings (SSSR count). The van der Waals surface area contributed by atoms with Crippen LogP contribution in [0.15, 0.2) is 28.6 Å². The van der Waals surface area contributed by atoms with Gasteiger partial charge in [-0.3, -0.25) is 9.59 Å². The number of nitrogen functional groups attached to an aromatic ring is 1. The first kappa shape index (κ1) is 15.8. The van der Waals surface area contributed by atoms with Gasteiger partial charge in [0, 0.05) is 12.5 Å². The first-order chi connectivity index (χ1) is 11.0. The van der Waals surface area contributed by atoms with E-state index in [1.165, 1.54) is 23.1 Å².